The lowest BCUT2D eigenvalue weighted by molar-refractivity contribution is 0.414. The molecular formula is C24H24ClN5O3. The Morgan fingerprint density at radius 1 is 1.15 bits per heavy atom. The molecule has 0 saturated heterocycles. The Kier molecular flexibility index (Phi) is 6.37. The van der Waals surface area contributed by atoms with Crippen molar-refractivity contribution in [2.75, 3.05) is 26.5 Å². The van der Waals surface area contributed by atoms with Crippen LogP contribution in [0.5, 0.6) is 11.5 Å². The number of imidazole rings is 1. The number of pyridine rings is 1. The molecule has 0 saturated carbocycles. The highest BCUT2D eigenvalue weighted by Crippen LogP contribution is 2.32. The first kappa shape index (κ1) is 22.4. The van der Waals surface area contributed by atoms with Crippen molar-refractivity contribution in [3.63, 3.8) is 0 Å². The van der Waals surface area contributed by atoms with E-state index in [-0.39, 0.29) is 28.4 Å². The number of ether oxygens (including phenoxy) is 2. The van der Waals surface area contributed by atoms with E-state index in [0.717, 1.165) is 16.8 Å². The molecule has 0 aliphatic heterocycles. The lowest BCUT2D eigenvalue weighted by Gasteiger charge is -2.16. The van der Waals surface area contributed by atoms with Crippen LogP contribution in [0.4, 0.5) is 5.69 Å². The molecule has 2 aromatic carbocycles. The van der Waals surface area contributed by atoms with E-state index < -0.39 is 0 Å². The van der Waals surface area contributed by atoms with Gasteiger partial charge in [0.05, 0.1) is 48.2 Å². The van der Waals surface area contributed by atoms with Gasteiger partial charge in [-0.1, -0.05) is 23.7 Å². The van der Waals surface area contributed by atoms with Crippen molar-refractivity contribution in [2.45, 2.75) is 13.5 Å². The monoisotopic (exact) mass is 465 g/mol. The summed E-state index contributed by atoms with van der Waals surface area (Å²) in [5, 5.41) is 0.134. The largest absolute Gasteiger partial charge is 0.497 e. The van der Waals surface area contributed by atoms with Crippen LogP contribution in [0.2, 0.25) is 5.02 Å². The highest BCUT2D eigenvalue weighted by Gasteiger charge is 2.22. The first-order chi connectivity index (χ1) is 16.0. The van der Waals surface area contributed by atoms with Gasteiger partial charge in [0.15, 0.2) is 0 Å². The Balaban J connectivity index is 1.91. The zero-order chi connectivity index (χ0) is 23.5. The number of anilines is 1. The number of nitrogens with two attached hydrogens (primary N) is 1. The number of hydrogen-bond acceptors (Lipinski definition) is 6. The minimum absolute atomic E-state index is 0.134. The Morgan fingerprint density at radius 2 is 1.85 bits per heavy atom. The summed E-state index contributed by atoms with van der Waals surface area (Å²) in [6.07, 6.45) is 1.58. The number of fused-ring (bicyclic) bond motifs is 1. The highest BCUT2D eigenvalue weighted by atomic mass is 35.5. The Labute approximate surface area is 195 Å². The standard InChI is InChI=1S/C24H24ClN5O3/c1-4-27-12-19-22(26)21(25)20(23-28-17-10-9-16(33-3)11-18(17)29-23)24(31)30(19)13-14-5-7-15(32-2)8-6-14/h5-12H,4,13,26H2,1-3H3,(H,28,29). The van der Waals surface area contributed by atoms with Gasteiger partial charge >= 0.3 is 0 Å². The van der Waals surface area contributed by atoms with Gasteiger partial charge in [-0.15, -0.1) is 0 Å². The molecule has 0 bridgehead atoms. The second-order valence-corrected chi connectivity index (χ2v) is 7.70. The third kappa shape index (κ3) is 4.29. The highest BCUT2D eigenvalue weighted by molar-refractivity contribution is 6.36. The molecule has 9 heteroatoms. The molecule has 0 aliphatic rings. The van der Waals surface area contributed by atoms with E-state index in [9.17, 15) is 4.79 Å². The quantitative estimate of drug-likeness (QED) is 0.399. The summed E-state index contributed by atoms with van der Waals surface area (Å²) in [4.78, 5) is 25.7. The molecule has 170 valence electrons. The third-order valence-electron chi connectivity index (χ3n) is 5.30. The second-order valence-electron chi connectivity index (χ2n) is 7.32. The van der Waals surface area contributed by atoms with Gasteiger partial charge in [-0.25, -0.2) is 4.98 Å². The summed E-state index contributed by atoms with van der Waals surface area (Å²) >= 11 is 6.62. The molecule has 0 atom stereocenters. The summed E-state index contributed by atoms with van der Waals surface area (Å²) in [5.74, 6) is 1.74. The maximum Gasteiger partial charge on any atom is 0.264 e. The zero-order valence-corrected chi connectivity index (χ0v) is 19.3. The fourth-order valence-corrected chi connectivity index (χ4v) is 3.82. The number of nitrogen functional groups attached to an aromatic ring is 1. The normalized spacial score (nSPS) is 11.4. The average molecular weight is 466 g/mol. The zero-order valence-electron chi connectivity index (χ0n) is 18.6. The van der Waals surface area contributed by atoms with Crippen molar-refractivity contribution < 1.29 is 9.47 Å². The molecule has 0 aliphatic carbocycles. The van der Waals surface area contributed by atoms with Crippen LogP contribution in [-0.2, 0) is 6.54 Å². The first-order valence-electron chi connectivity index (χ1n) is 10.4. The maximum absolute atomic E-state index is 13.7. The minimum atomic E-state index is -0.325. The topological polar surface area (TPSA) is 108 Å². The van der Waals surface area contributed by atoms with Crippen LogP contribution in [0, 0.1) is 0 Å². The van der Waals surface area contributed by atoms with Crippen LogP contribution >= 0.6 is 11.6 Å². The van der Waals surface area contributed by atoms with Gasteiger partial charge < -0.3 is 24.8 Å². The number of H-pyrrole nitrogens is 1. The van der Waals surface area contributed by atoms with E-state index in [1.165, 1.54) is 0 Å². The number of aliphatic imine (C=N–C) groups is 1. The second kappa shape index (κ2) is 9.38. The van der Waals surface area contributed by atoms with E-state index in [1.54, 1.807) is 37.1 Å². The molecule has 0 amide bonds. The van der Waals surface area contributed by atoms with E-state index >= 15 is 0 Å². The lowest BCUT2D eigenvalue weighted by Crippen LogP contribution is -2.28. The van der Waals surface area contributed by atoms with Crippen molar-refractivity contribution in [3.05, 3.63) is 69.1 Å². The molecule has 0 radical (unpaired) electrons. The van der Waals surface area contributed by atoms with Crippen molar-refractivity contribution >= 4 is 34.5 Å². The summed E-state index contributed by atoms with van der Waals surface area (Å²) in [6, 6.07) is 12.9. The Bertz CT molecular complexity index is 1390. The summed E-state index contributed by atoms with van der Waals surface area (Å²) in [7, 11) is 3.19. The van der Waals surface area contributed by atoms with Crippen LogP contribution in [0.15, 0.2) is 52.3 Å². The predicted octanol–water partition coefficient (Wildman–Crippen LogP) is 4.13. The van der Waals surface area contributed by atoms with Gasteiger partial charge in [0.2, 0.25) is 0 Å². The first-order valence-corrected chi connectivity index (χ1v) is 10.7. The molecule has 0 spiro atoms. The van der Waals surface area contributed by atoms with Crippen molar-refractivity contribution in [1.82, 2.24) is 14.5 Å². The van der Waals surface area contributed by atoms with Crippen molar-refractivity contribution in [2.24, 2.45) is 4.99 Å². The molecule has 8 nitrogen and oxygen atoms in total. The maximum atomic E-state index is 13.7. The van der Waals surface area contributed by atoms with Gasteiger partial charge in [0.25, 0.3) is 5.56 Å². The van der Waals surface area contributed by atoms with Gasteiger partial charge in [0, 0.05) is 18.8 Å². The number of benzene rings is 2. The molecule has 33 heavy (non-hydrogen) atoms. The molecule has 3 N–H and O–H groups in total. The van der Waals surface area contributed by atoms with Crippen LogP contribution in [0.1, 0.15) is 18.2 Å². The van der Waals surface area contributed by atoms with E-state index in [4.69, 9.17) is 26.8 Å². The molecule has 2 aromatic heterocycles. The molecule has 4 rings (SSSR count). The van der Waals surface area contributed by atoms with Crippen molar-refractivity contribution in [1.29, 1.82) is 0 Å². The summed E-state index contributed by atoms with van der Waals surface area (Å²) < 4.78 is 12.1. The fraction of sp³-hybridized carbons (Fsp3) is 0.208. The van der Waals surface area contributed by atoms with Crippen LogP contribution < -0.4 is 20.8 Å². The fourth-order valence-electron chi connectivity index (χ4n) is 3.56. The van der Waals surface area contributed by atoms with Gasteiger partial charge in [-0.3, -0.25) is 9.79 Å². The number of aromatic amines is 1. The van der Waals surface area contributed by atoms with Crippen molar-refractivity contribution in [3.8, 4) is 22.9 Å². The number of nitrogens with zero attached hydrogens (tertiary/aromatic N) is 3. The molecular weight excluding hydrogens is 442 g/mol. The molecule has 0 unspecified atom stereocenters. The molecule has 4 aromatic rings. The average Bonchev–Trinajstić information content (AvgIpc) is 3.25. The third-order valence-corrected chi connectivity index (χ3v) is 5.70. The van der Waals surface area contributed by atoms with Crippen LogP contribution in [0.3, 0.4) is 0 Å². The molecule has 2 heterocycles. The van der Waals surface area contributed by atoms with Crippen LogP contribution in [-0.4, -0.2) is 41.5 Å². The lowest BCUT2D eigenvalue weighted by atomic mass is 10.1. The number of hydrogen-bond donors (Lipinski definition) is 2. The van der Waals surface area contributed by atoms with Gasteiger partial charge in [-0.05, 0) is 36.8 Å². The number of methoxy groups -OCH3 is 2. The molecule has 0 fully saturated rings. The van der Waals surface area contributed by atoms with Gasteiger partial charge in [-0.2, -0.15) is 0 Å². The van der Waals surface area contributed by atoms with Gasteiger partial charge in [0.1, 0.15) is 22.9 Å². The van der Waals surface area contributed by atoms with E-state index in [1.807, 2.05) is 37.3 Å². The van der Waals surface area contributed by atoms with E-state index in [2.05, 4.69) is 15.0 Å². The van der Waals surface area contributed by atoms with E-state index in [0.29, 0.717) is 29.3 Å². The number of nitrogens with one attached hydrogen (secondary N) is 1. The summed E-state index contributed by atoms with van der Waals surface area (Å²) in [5.41, 5.74) is 9.28. The SMILES string of the molecule is CCN=Cc1c(N)c(Cl)c(-c2nc3ccc(OC)cc3[nH]2)c(=O)n1Cc1ccc(OC)cc1. The summed E-state index contributed by atoms with van der Waals surface area (Å²) in [6.45, 7) is 2.72. The Morgan fingerprint density at radius 3 is 2.52 bits per heavy atom. The minimum Gasteiger partial charge on any atom is -0.497 e. The van der Waals surface area contributed by atoms with Crippen LogP contribution in [0.25, 0.3) is 22.4 Å². The number of rotatable bonds is 7. The predicted molar refractivity (Wildman–Crippen MR) is 132 cm³/mol. The number of halogens is 1. The smallest absolute Gasteiger partial charge is 0.264 e. The Hall–Kier alpha value is -3.78. The number of aromatic nitrogens is 3.